The molecule has 1 amide bonds. The van der Waals surface area contributed by atoms with E-state index in [9.17, 15) is 4.79 Å². The van der Waals surface area contributed by atoms with E-state index in [1.165, 1.54) is 11.1 Å². The molecule has 1 saturated heterocycles. The van der Waals surface area contributed by atoms with Crippen molar-refractivity contribution in [2.45, 2.75) is 18.9 Å². The van der Waals surface area contributed by atoms with E-state index < -0.39 is 0 Å². The minimum atomic E-state index is 0.166. The average molecular weight is 325 g/mol. The number of carbonyl (C=O) groups excluding carboxylic acids is 1. The Morgan fingerprint density at radius 2 is 2.08 bits per heavy atom. The summed E-state index contributed by atoms with van der Waals surface area (Å²) in [7, 11) is 1.92. The summed E-state index contributed by atoms with van der Waals surface area (Å²) in [6.45, 7) is 4.44. The lowest BCUT2D eigenvalue weighted by molar-refractivity contribution is -0.134. The molecule has 0 N–H and O–H groups in total. The standard InChI is InChI=1S/C18H23N5O/c1-21-13-15(11-20-21)16-9-17(16)18(24)23-7-5-22(6-8-23)12-14-3-2-4-19-10-14/h2-4,10-11,13,16-17H,5-9,12H2,1H3/t16-,17-/m1/s1. The van der Waals surface area contributed by atoms with Crippen LogP contribution in [-0.2, 0) is 18.4 Å². The zero-order chi connectivity index (χ0) is 16.5. The van der Waals surface area contributed by atoms with Gasteiger partial charge in [-0.3, -0.25) is 19.4 Å². The van der Waals surface area contributed by atoms with Crippen molar-refractivity contribution in [2.24, 2.45) is 13.0 Å². The molecule has 2 aromatic rings. The first-order valence-electron chi connectivity index (χ1n) is 8.59. The maximum absolute atomic E-state index is 12.7. The van der Waals surface area contributed by atoms with Crippen molar-refractivity contribution in [3.05, 3.63) is 48.0 Å². The maximum atomic E-state index is 12.7. The second-order valence-corrected chi connectivity index (χ2v) is 6.86. The molecule has 1 saturated carbocycles. The Hall–Kier alpha value is -2.21. The molecule has 0 aromatic carbocycles. The summed E-state index contributed by atoms with van der Waals surface area (Å²) in [6.07, 6.45) is 8.61. The monoisotopic (exact) mass is 325 g/mol. The molecule has 6 heteroatoms. The normalized spacial score (nSPS) is 24.1. The third kappa shape index (κ3) is 3.19. The van der Waals surface area contributed by atoms with Crippen LogP contribution < -0.4 is 0 Å². The molecule has 2 aliphatic rings. The molecule has 3 heterocycles. The first-order chi connectivity index (χ1) is 11.7. The second kappa shape index (κ2) is 6.36. The van der Waals surface area contributed by atoms with Gasteiger partial charge in [0.05, 0.1) is 6.20 Å². The van der Waals surface area contributed by atoms with Crippen molar-refractivity contribution < 1.29 is 4.79 Å². The van der Waals surface area contributed by atoms with E-state index in [2.05, 4.69) is 21.0 Å². The summed E-state index contributed by atoms with van der Waals surface area (Å²) in [6, 6.07) is 4.08. The third-order valence-corrected chi connectivity index (χ3v) is 5.07. The van der Waals surface area contributed by atoms with Crippen molar-refractivity contribution in [3.8, 4) is 0 Å². The van der Waals surface area contributed by atoms with E-state index in [0.29, 0.717) is 11.8 Å². The Labute approximate surface area is 142 Å². The molecule has 4 rings (SSSR count). The summed E-state index contributed by atoms with van der Waals surface area (Å²) in [4.78, 5) is 21.3. The molecule has 2 aromatic heterocycles. The van der Waals surface area contributed by atoms with Crippen LogP contribution in [0.1, 0.15) is 23.5 Å². The van der Waals surface area contributed by atoms with Gasteiger partial charge in [-0.2, -0.15) is 5.10 Å². The Kier molecular flexibility index (Phi) is 4.06. The van der Waals surface area contributed by atoms with Gasteiger partial charge >= 0.3 is 0 Å². The van der Waals surface area contributed by atoms with E-state index in [1.807, 2.05) is 41.3 Å². The smallest absolute Gasteiger partial charge is 0.226 e. The number of hydrogen-bond donors (Lipinski definition) is 0. The lowest BCUT2D eigenvalue weighted by Gasteiger charge is -2.35. The summed E-state index contributed by atoms with van der Waals surface area (Å²) in [5.74, 6) is 0.864. The number of pyridine rings is 1. The van der Waals surface area contributed by atoms with Gasteiger partial charge in [-0.25, -0.2) is 0 Å². The van der Waals surface area contributed by atoms with Gasteiger partial charge in [-0.15, -0.1) is 0 Å². The molecular formula is C18H23N5O. The molecule has 126 valence electrons. The highest BCUT2D eigenvalue weighted by molar-refractivity contribution is 5.83. The quantitative estimate of drug-likeness (QED) is 0.849. The maximum Gasteiger partial charge on any atom is 0.226 e. The van der Waals surface area contributed by atoms with Gasteiger partial charge in [0, 0.05) is 64.3 Å². The fourth-order valence-corrected chi connectivity index (χ4v) is 3.58. The van der Waals surface area contributed by atoms with Gasteiger partial charge in [-0.05, 0) is 29.5 Å². The van der Waals surface area contributed by atoms with Gasteiger partial charge in [0.1, 0.15) is 0 Å². The summed E-state index contributed by atoms with van der Waals surface area (Å²) in [5.41, 5.74) is 2.43. The van der Waals surface area contributed by atoms with Crippen LogP contribution in [0.4, 0.5) is 0 Å². The molecule has 6 nitrogen and oxygen atoms in total. The van der Waals surface area contributed by atoms with E-state index in [4.69, 9.17) is 0 Å². The molecule has 2 fully saturated rings. The molecule has 24 heavy (non-hydrogen) atoms. The van der Waals surface area contributed by atoms with Crippen molar-refractivity contribution in [2.75, 3.05) is 26.2 Å². The van der Waals surface area contributed by atoms with Crippen molar-refractivity contribution in [1.29, 1.82) is 0 Å². The fourth-order valence-electron chi connectivity index (χ4n) is 3.58. The Morgan fingerprint density at radius 3 is 2.75 bits per heavy atom. The van der Waals surface area contributed by atoms with Crippen LogP contribution in [0.25, 0.3) is 0 Å². The van der Waals surface area contributed by atoms with E-state index in [0.717, 1.165) is 39.1 Å². The Balaban J connectivity index is 1.28. The zero-order valence-corrected chi connectivity index (χ0v) is 14.0. The van der Waals surface area contributed by atoms with Crippen molar-refractivity contribution in [3.63, 3.8) is 0 Å². The highest BCUT2D eigenvalue weighted by Gasteiger charge is 2.46. The lowest BCUT2D eigenvalue weighted by Crippen LogP contribution is -2.48. The number of aromatic nitrogens is 3. The number of rotatable bonds is 4. The summed E-state index contributed by atoms with van der Waals surface area (Å²) >= 11 is 0. The van der Waals surface area contributed by atoms with Gasteiger partial charge in [0.15, 0.2) is 0 Å². The predicted octanol–water partition coefficient (Wildman–Crippen LogP) is 1.26. The molecular weight excluding hydrogens is 302 g/mol. The molecule has 0 radical (unpaired) electrons. The largest absolute Gasteiger partial charge is 0.340 e. The van der Waals surface area contributed by atoms with Crippen molar-refractivity contribution in [1.82, 2.24) is 24.6 Å². The topological polar surface area (TPSA) is 54.3 Å². The fraction of sp³-hybridized carbons (Fsp3) is 0.500. The van der Waals surface area contributed by atoms with Gasteiger partial charge < -0.3 is 4.90 Å². The van der Waals surface area contributed by atoms with Crippen LogP contribution >= 0.6 is 0 Å². The Morgan fingerprint density at radius 1 is 1.25 bits per heavy atom. The van der Waals surface area contributed by atoms with Crippen LogP contribution in [0.3, 0.4) is 0 Å². The molecule has 0 bridgehead atoms. The number of amides is 1. The zero-order valence-electron chi connectivity index (χ0n) is 14.0. The first kappa shape index (κ1) is 15.3. The van der Waals surface area contributed by atoms with Gasteiger partial charge in [-0.1, -0.05) is 6.07 Å². The van der Waals surface area contributed by atoms with E-state index in [1.54, 1.807) is 6.20 Å². The average Bonchev–Trinajstić information content (AvgIpc) is 3.30. The molecule has 1 aliphatic heterocycles. The van der Waals surface area contributed by atoms with Crippen LogP contribution in [0.2, 0.25) is 0 Å². The van der Waals surface area contributed by atoms with Crippen LogP contribution in [0, 0.1) is 5.92 Å². The minimum Gasteiger partial charge on any atom is -0.340 e. The number of carbonyl (C=O) groups is 1. The van der Waals surface area contributed by atoms with Gasteiger partial charge in [0.25, 0.3) is 0 Å². The highest BCUT2D eigenvalue weighted by Crippen LogP contribution is 2.48. The predicted molar refractivity (Wildman–Crippen MR) is 90.2 cm³/mol. The molecule has 0 unspecified atom stereocenters. The van der Waals surface area contributed by atoms with E-state index >= 15 is 0 Å². The molecule has 1 aliphatic carbocycles. The SMILES string of the molecule is Cn1cc([C@H]2C[C@H]2C(=O)N2CCN(Cc3cccnc3)CC2)cn1. The Bertz CT molecular complexity index is 705. The van der Waals surface area contributed by atoms with Gasteiger partial charge in [0.2, 0.25) is 5.91 Å². The number of nitrogens with zero attached hydrogens (tertiary/aromatic N) is 5. The van der Waals surface area contributed by atoms with Crippen molar-refractivity contribution >= 4 is 5.91 Å². The second-order valence-electron chi connectivity index (χ2n) is 6.86. The number of hydrogen-bond acceptors (Lipinski definition) is 4. The summed E-state index contributed by atoms with van der Waals surface area (Å²) in [5, 5.41) is 4.21. The minimum absolute atomic E-state index is 0.166. The third-order valence-electron chi connectivity index (χ3n) is 5.07. The first-order valence-corrected chi connectivity index (χ1v) is 8.59. The number of piperazine rings is 1. The van der Waals surface area contributed by atoms with Crippen LogP contribution in [0.15, 0.2) is 36.9 Å². The molecule has 2 atom stereocenters. The van der Waals surface area contributed by atoms with Crippen LogP contribution in [-0.4, -0.2) is 56.7 Å². The lowest BCUT2D eigenvalue weighted by atomic mass is 10.1. The van der Waals surface area contributed by atoms with E-state index in [-0.39, 0.29) is 5.92 Å². The van der Waals surface area contributed by atoms with Crippen LogP contribution in [0.5, 0.6) is 0 Å². The number of aryl methyl sites for hydroxylation is 1. The highest BCUT2D eigenvalue weighted by atomic mass is 16.2. The molecule has 0 spiro atoms. The summed E-state index contributed by atoms with van der Waals surface area (Å²) < 4.78 is 1.81.